The zero-order valence-electron chi connectivity index (χ0n) is 8.36. The van der Waals surface area contributed by atoms with Crippen LogP contribution in [-0.4, -0.2) is 40.8 Å². The molecular weight excluding hydrogens is 184 g/mol. The lowest BCUT2D eigenvalue weighted by Crippen LogP contribution is -2.33. The first-order chi connectivity index (χ1) is 6.70. The standard InChI is InChI=1S/C9H14N2O3/c1-3-11(4-5-12)9(13)8-7(2)6-10-14-8/h6,12H,3-5H2,1-2H3. The molecule has 1 heterocycles. The first-order valence-corrected chi connectivity index (χ1v) is 4.52. The van der Waals surface area contributed by atoms with E-state index < -0.39 is 0 Å². The Bertz CT molecular complexity index is 309. The topological polar surface area (TPSA) is 66.6 Å². The number of aliphatic hydroxyl groups is 1. The van der Waals surface area contributed by atoms with Gasteiger partial charge in [0, 0.05) is 18.7 Å². The molecule has 1 amide bonds. The molecule has 1 N–H and O–H groups in total. The Morgan fingerprint density at radius 1 is 1.71 bits per heavy atom. The Balaban J connectivity index is 2.78. The summed E-state index contributed by atoms with van der Waals surface area (Å²) in [6.45, 7) is 4.41. The summed E-state index contributed by atoms with van der Waals surface area (Å²) in [5.74, 6) is 0.0249. The summed E-state index contributed by atoms with van der Waals surface area (Å²) in [5.41, 5.74) is 0.714. The average Bonchev–Trinajstić information content (AvgIpc) is 2.59. The van der Waals surface area contributed by atoms with Gasteiger partial charge < -0.3 is 14.5 Å². The smallest absolute Gasteiger partial charge is 0.292 e. The lowest BCUT2D eigenvalue weighted by atomic mass is 10.2. The van der Waals surface area contributed by atoms with Crippen molar-refractivity contribution in [3.8, 4) is 0 Å². The van der Waals surface area contributed by atoms with Crippen LogP contribution in [0.2, 0.25) is 0 Å². The van der Waals surface area contributed by atoms with Gasteiger partial charge in [-0.25, -0.2) is 0 Å². The Labute approximate surface area is 82.3 Å². The molecule has 0 atom stereocenters. The molecule has 0 bridgehead atoms. The summed E-state index contributed by atoms with van der Waals surface area (Å²) >= 11 is 0. The summed E-state index contributed by atoms with van der Waals surface area (Å²) < 4.78 is 4.83. The fourth-order valence-electron chi connectivity index (χ4n) is 1.16. The Morgan fingerprint density at radius 2 is 2.43 bits per heavy atom. The molecule has 0 aliphatic carbocycles. The van der Waals surface area contributed by atoms with Crippen LogP contribution >= 0.6 is 0 Å². The van der Waals surface area contributed by atoms with Crippen molar-refractivity contribution in [3.05, 3.63) is 17.5 Å². The molecule has 0 aromatic carbocycles. The van der Waals surface area contributed by atoms with Gasteiger partial charge in [0.15, 0.2) is 0 Å². The van der Waals surface area contributed by atoms with Crippen molar-refractivity contribution in [2.24, 2.45) is 0 Å². The number of carbonyl (C=O) groups is 1. The minimum Gasteiger partial charge on any atom is -0.395 e. The van der Waals surface area contributed by atoms with Crippen molar-refractivity contribution in [3.63, 3.8) is 0 Å². The third kappa shape index (κ3) is 2.11. The number of hydrogen-bond donors (Lipinski definition) is 1. The van der Waals surface area contributed by atoms with Gasteiger partial charge >= 0.3 is 0 Å². The Morgan fingerprint density at radius 3 is 2.86 bits per heavy atom. The van der Waals surface area contributed by atoms with E-state index in [4.69, 9.17) is 9.63 Å². The summed E-state index contributed by atoms with van der Waals surface area (Å²) in [6.07, 6.45) is 1.50. The molecule has 0 spiro atoms. The van der Waals surface area contributed by atoms with E-state index >= 15 is 0 Å². The van der Waals surface area contributed by atoms with Crippen LogP contribution in [0.3, 0.4) is 0 Å². The SMILES string of the molecule is CCN(CCO)C(=O)c1oncc1C. The molecule has 1 aromatic heterocycles. The molecule has 0 aliphatic rings. The van der Waals surface area contributed by atoms with Crippen LogP contribution in [0.5, 0.6) is 0 Å². The maximum atomic E-state index is 11.7. The second kappa shape index (κ2) is 4.76. The third-order valence-corrected chi connectivity index (χ3v) is 1.98. The van der Waals surface area contributed by atoms with Crippen LogP contribution in [0.1, 0.15) is 23.0 Å². The lowest BCUT2D eigenvalue weighted by molar-refractivity contribution is 0.0689. The number of aromatic nitrogens is 1. The Hall–Kier alpha value is -1.36. The summed E-state index contributed by atoms with van der Waals surface area (Å²) in [6, 6.07) is 0. The zero-order valence-corrected chi connectivity index (χ0v) is 8.36. The molecule has 5 nitrogen and oxygen atoms in total. The first-order valence-electron chi connectivity index (χ1n) is 4.52. The van der Waals surface area contributed by atoms with E-state index in [9.17, 15) is 4.79 Å². The van der Waals surface area contributed by atoms with Gasteiger partial charge in [0.1, 0.15) is 0 Å². The maximum Gasteiger partial charge on any atom is 0.292 e. The van der Waals surface area contributed by atoms with Gasteiger partial charge in [0.25, 0.3) is 5.91 Å². The molecule has 1 aromatic rings. The van der Waals surface area contributed by atoms with Gasteiger partial charge in [-0.05, 0) is 13.8 Å². The van der Waals surface area contributed by atoms with Gasteiger partial charge in [0.05, 0.1) is 12.8 Å². The van der Waals surface area contributed by atoms with Crippen LogP contribution in [0.4, 0.5) is 0 Å². The Kier molecular flexibility index (Phi) is 3.64. The van der Waals surface area contributed by atoms with Crippen LogP contribution in [0.25, 0.3) is 0 Å². The van der Waals surface area contributed by atoms with Gasteiger partial charge in [-0.3, -0.25) is 4.79 Å². The minimum atomic E-state index is -0.225. The minimum absolute atomic E-state index is 0.0488. The molecule has 5 heteroatoms. The highest BCUT2D eigenvalue weighted by Crippen LogP contribution is 2.09. The highest BCUT2D eigenvalue weighted by molar-refractivity contribution is 5.92. The van der Waals surface area contributed by atoms with E-state index in [2.05, 4.69) is 5.16 Å². The highest BCUT2D eigenvalue weighted by Gasteiger charge is 2.19. The quantitative estimate of drug-likeness (QED) is 0.762. The molecule has 0 saturated carbocycles. The predicted molar refractivity (Wildman–Crippen MR) is 49.9 cm³/mol. The molecule has 1 rings (SSSR count). The largest absolute Gasteiger partial charge is 0.395 e. The normalized spacial score (nSPS) is 10.2. The molecule has 0 radical (unpaired) electrons. The number of amides is 1. The molecule has 0 fully saturated rings. The van der Waals surface area contributed by atoms with Crippen molar-refractivity contribution < 1.29 is 14.4 Å². The van der Waals surface area contributed by atoms with Gasteiger partial charge in [-0.2, -0.15) is 0 Å². The number of aryl methyl sites for hydroxylation is 1. The number of carbonyl (C=O) groups excluding carboxylic acids is 1. The van der Waals surface area contributed by atoms with E-state index in [-0.39, 0.29) is 18.3 Å². The fourth-order valence-corrected chi connectivity index (χ4v) is 1.16. The summed E-state index contributed by atoms with van der Waals surface area (Å²) in [7, 11) is 0. The van der Waals surface area contributed by atoms with Crippen molar-refractivity contribution >= 4 is 5.91 Å². The van der Waals surface area contributed by atoms with Gasteiger partial charge in [-0.1, -0.05) is 5.16 Å². The maximum absolute atomic E-state index is 11.7. The highest BCUT2D eigenvalue weighted by atomic mass is 16.5. The number of likely N-dealkylation sites (N-methyl/N-ethyl adjacent to an activating group) is 1. The average molecular weight is 198 g/mol. The molecule has 0 unspecified atom stereocenters. The van der Waals surface area contributed by atoms with Crippen molar-refractivity contribution in [1.29, 1.82) is 0 Å². The third-order valence-electron chi connectivity index (χ3n) is 1.98. The molecule has 14 heavy (non-hydrogen) atoms. The number of nitrogens with zero attached hydrogens (tertiary/aromatic N) is 2. The monoisotopic (exact) mass is 198 g/mol. The summed E-state index contributed by atoms with van der Waals surface area (Å²) in [5, 5.41) is 12.3. The number of aliphatic hydroxyl groups excluding tert-OH is 1. The van der Waals surface area contributed by atoms with E-state index in [1.54, 1.807) is 6.92 Å². The van der Waals surface area contributed by atoms with Crippen molar-refractivity contribution in [2.75, 3.05) is 19.7 Å². The summed E-state index contributed by atoms with van der Waals surface area (Å²) in [4.78, 5) is 13.2. The molecule has 0 aliphatic heterocycles. The van der Waals surface area contributed by atoms with E-state index in [0.717, 1.165) is 0 Å². The zero-order chi connectivity index (χ0) is 10.6. The van der Waals surface area contributed by atoms with E-state index in [1.807, 2.05) is 6.92 Å². The van der Waals surface area contributed by atoms with Gasteiger partial charge in [-0.15, -0.1) is 0 Å². The molecule has 78 valence electrons. The fraction of sp³-hybridized carbons (Fsp3) is 0.556. The second-order valence-electron chi connectivity index (χ2n) is 2.95. The predicted octanol–water partition coefficient (Wildman–Crippen LogP) is 0.437. The van der Waals surface area contributed by atoms with Crippen LogP contribution in [-0.2, 0) is 0 Å². The van der Waals surface area contributed by atoms with E-state index in [0.29, 0.717) is 18.7 Å². The van der Waals surface area contributed by atoms with Gasteiger partial charge in [0.2, 0.25) is 5.76 Å². The van der Waals surface area contributed by atoms with Crippen LogP contribution in [0.15, 0.2) is 10.7 Å². The lowest BCUT2D eigenvalue weighted by Gasteiger charge is -2.17. The molecular formula is C9H14N2O3. The first kappa shape index (κ1) is 10.7. The van der Waals surface area contributed by atoms with Crippen molar-refractivity contribution in [2.45, 2.75) is 13.8 Å². The van der Waals surface area contributed by atoms with Crippen LogP contribution in [0, 0.1) is 6.92 Å². The molecule has 0 saturated heterocycles. The van der Waals surface area contributed by atoms with E-state index in [1.165, 1.54) is 11.1 Å². The van der Waals surface area contributed by atoms with Crippen molar-refractivity contribution in [1.82, 2.24) is 10.1 Å². The number of rotatable bonds is 4. The number of hydrogen-bond acceptors (Lipinski definition) is 4. The second-order valence-corrected chi connectivity index (χ2v) is 2.95. The van der Waals surface area contributed by atoms with Crippen LogP contribution < -0.4 is 0 Å².